The molecule has 0 aliphatic carbocycles. The fourth-order valence-electron chi connectivity index (χ4n) is 2.72. The minimum Gasteiger partial charge on any atom is -0.493 e. The maximum atomic E-state index is 12.0. The lowest BCUT2D eigenvalue weighted by Crippen LogP contribution is -2.54. The summed E-state index contributed by atoms with van der Waals surface area (Å²) in [5.41, 5.74) is 0.923. The highest BCUT2D eigenvalue weighted by Crippen LogP contribution is 2.31. The number of likely N-dealkylation sites (N-methyl/N-ethyl adjacent to an activating group) is 1. The molecule has 1 aliphatic rings. The van der Waals surface area contributed by atoms with Gasteiger partial charge in [0, 0.05) is 25.2 Å². The second-order valence-corrected chi connectivity index (χ2v) is 6.08. The van der Waals surface area contributed by atoms with Crippen LogP contribution in [0.5, 0.6) is 11.5 Å². The Labute approximate surface area is 142 Å². The standard InChI is InChI=1S/C17H25N3O4/c1-18(2)8-9-20-12-19(11-14(21)17(20)22)10-13-6-5-7-15(23-3)16(13)24-4/h5-7H,8-12H2,1-4H3. The predicted molar refractivity (Wildman–Crippen MR) is 90.1 cm³/mol. The van der Waals surface area contributed by atoms with Gasteiger partial charge in [-0.05, 0) is 20.2 Å². The SMILES string of the molecule is COc1cccc(CN2CC(=O)C(=O)N(CCN(C)C)C2)c1OC. The first kappa shape index (κ1) is 18.2. The van der Waals surface area contributed by atoms with Crippen LogP contribution in [0.1, 0.15) is 5.56 Å². The molecule has 0 N–H and O–H groups in total. The molecule has 0 radical (unpaired) electrons. The van der Waals surface area contributed by atoms with E-state index in [0.29, 0.717) is 31.3 Å². The van der Waals surface area contributed by atoms with Crippen LogP contribution in [0.3, 0.4) is 0 Å². The van der Waals surface area contributed by atoms with Crippen molar-refractivity contribution in [2.75, 3.05) is 54.6 Å². The van der Waals surface area contributed by atoms with E-state index >= 15 is 0 Å². The minimum absolute atomic E-state index is 0.123. The fourth-order valence-corrected chi connectivity index (χ4v) is 2.72. The molecule has 1 aliphatic heterocycles. The van der Waals surface area contributed by atoms with Crippen LogP contribution in [0.2, 0.25) is 0 Å². The molecular formula is C17H25N3O4. The van der Waals surface area contributed by atoms with Gasteiger partial charge in [0.1, 0.15) is 0 Å². The Morgan fingerprint density at radius 2 is 1.92 bits per heavy atom. The van der Waals surface area contributed by atoms with E-state index in [1.165, 1.54) is 0 Å². The van der Waals surface area contributed by atoms with Crippen LogP contribution in [0.25, 0.3) is 0 Å². The monoisotopic (exact) mass is 335 g/mol. The smallest absolute Gasteiger partial charge is 0.292 e. The average Bonchev–Trinajstić information content (AvgIpc) is 2.56. The van der Waals surface area contributed by atoms with Crippen molar-refractivity contribution in [3.05, 3.63) is 23.8 Å². The van der Waals surface area contributed by atoms with Crippen molar-refractivity contribution in [2.45, 2.75) is 6.54 Å². The van der Waals surface area contributed by atoms with Crippen molar-refractivity contribution in [1.29, 1.82) is 0 Å². The van der Waals surface area contributed by atoms with Crippen LogP contribution in [0.4, 0.5) is 0 Å². The highest BCUT2D eigenvalue weighted by atomic mass is 16.5. The number of rotatable bonds is 7. The van der Waals surface area contributed by atoms with Gasteiger partial charge in [-0.3, -0.25) is 14.5 Å². The zero-order chi connectivity index (χ0) is 17.7. The first-order valence-electron chi connectivity index (χ1n) is 7.85. The van der Waals surface area contributed by atoms with Gasteiger partial charge in [-0.2, -0.15) is 0 Å². The zero-order valence-corrected chi connectivity index (χ0v) is 14.7. The Morgan fingerprint density at radius 1 is 1.17 bits per heavy atom. The summed E-state index contributed by atoms with van der Waals surface area (Å²) in [4.78, 5) is 29.6. The van der Waals surface area contributed by atoms with E-state index in [0.717, 1.165) is 12.1 Å². The number of amides is 1. The van der Waals surface area contributed by atoms with Gasteiger partial charge in [-0.25, -0.2) is 0 Å². The van der Waals surface area contributed by atoms with E-state index in [2.05, 4.69) is 0 Å². The third kappa shape index (κ3) is 4.24. The molecule has 0 unspecified atom stereocenters. The summed E-state index contributed by atoms with van der Waals surface area (Å²) in [7, 11) is 7.06. The molecule has 1 fully saturated rings. The average molecular weight is 335 g/mol. The van der Waals surface area contributed by atoms with E-state index in [1.54, 1.807) is 19.1 Å². The first-order valence-corrected chi connectivity index (χ1v) is 7.85. The largest absolute Gasteiger partial charge is 0.493 e. The van der Waals surface area contributed by atoms with Crippen molar-refractivity contribution in [2.24, 2.45) is 0 Å². The Morgan fingerprint density at radius 3 is 2.54 bits per heavy atom. The number of Topliss-reactive ketones (excluding diaryl/α,β-unsaturated/α-hetero) is 1. The fraction of sp³-hybridized carbons (Fsp3) is 0.529. The number of carbonyl (C=O) groups is 2. The number of ketones is 1. The number of methoxy groups -OCH3 is 2. The van der Waals surface area contributed by atoms with E-state index in [-0.39, 0.29) is 12.3 Å². The molecule has 0 bridgehead atoms. The molecule has 7 nitrogen and oxygen atoms in total. The molecule has 0 aromatic heterocycles. The quantitative estimate of drug-likeness (QED) is 0.674. The summed E-state index contributed by atoms with van der Waals surface area (Å²) in [6.45, 7) is 2.31. The van der Waals surface area contributed by atoms with Gasteiger partial charge < -0.3 is 19.3 Å². The summed E-state index contributed by atoms with van der Waals surface area (Å²) in [6.07, 6.45) is 0. The summed E-state index contributed by atoms with van der Waals surface area (Å²) < 4.78 is 10.7. The molecule has 1 heterocycles. The van der Waals surface area contributed by atoms with Gasteiger partial charge in [-0.15, -0.1) is 0 Å². The highest BCUT2D eigenvalue weighted by Gasteiger charge is 2.31. The Kier molecular flexibility index (Phi) is 6.16. The van der Waals surface area contributed by atoms with Gasteiger partial charge >= 0.3 is 0 Å². The number of hydrogen-bond acceptors (Lipinski definition) is 6. The Hall–Kier alpha value is -2.12. The van der Waals surface area contributed by atoms with E-state index in [9.17, 15) is 9.59 Å². The Balaban J connectivity index is 2.12. The number of hydrogen-bond donors (Lipinski definition) is 0. The lowest BCUT2D eigenvalue weighted by molar-refractivity contribution is -0.151. The molecule has 1 aromatic rings. The maximum absolute atomic E-state index is 12.0. The topological polar surface area (TPSA) is 62.3 Å². The molecule has 7 heteroatoms. The van der Waals surface area contributed by atoms with Crippen LogP contribution in [0, 0.1) is 0 Å². The third-order valence-electron chi connectivity index (χ3n) is 3.96. The van der Waals surface area contributed by atoms with Crippen LogP contribution >= 0.6 is 0 Å². The van der Waals surface area contributed by atoms with Gasteiger partial charge in [0.15, 0.2) is 11.5 Å². The minimum atomic E-state index is -0.397. The van der Waals surface area contributed by atoms with E-state index in [1.807, 2.05) is 42.1 Å². The first-order chi connectivity index (χ1) is 11.5. The number of nitrogens with zero attached hydrogens (tertiary/aromatic N) is 3. The van der Waals surface area contributed by atoms with Crippen LogP contribution in [0.15, 0.2) is 18.2 Å². The van der Waals surface area contributed by atoms with Gasteiger partial charge in [0.25, 0.3) is 5.91 Å². The summed E-state index contributed by atoms with van der Waals surface area (Å²) in [6, 6.07) is 5.65. The highest BCUT2D eigenvalue weighted by molar-refractivity contribution is 6.37. The van der Waals surface area contributed by atoms with E-state index < -0.39 is 5.91 Å². The molecule has 1 saturated heterocycles. The Bertz CT molecular complexity index is 603. The summed E-state index contributed by atoms with van der Waals surface area (Å²) >= 11 is 0. The second kappa shape index (κ2) is 8.12. The molecule has 2 rings (SSSR count). The van der Waals surface area contributed by atoms with Crippen molar-refractivity contribution < 1.29 is 19.1 Å². The molecule has 0 spiro atoms. The molecule has 0 atom stereocenters. The molecule has 1 aromatic carbocycles. The van der Waals surface area contributed by atoms with Crippen molar-refractivity contribution in [1.82, 2.24) is 14.7 Å². The number of carbonyl (C=O) groups excluding carboxylic acids is 2. The molecule has 132 valence electrons. The molecular weight excluding hydrogens is 310 g/mol. The lowest BCUT2D eigenvalue weighted by atomic mass is 10.1. The van der Waals surface area contributed by atoms with Crippen LogP contribution in [-0.4, -0.2) is 81.0 Å². The van der Waals surface area contributed by atoms with E-state index in [4.69, 9.17) is 9.47 Å². The third-order valence-corrected chi connectivity index (χ3v) is 3.96. The van der Waals surface area contributed by atoms with Gasteiger partial charge in [0.2, 0.25) is 5.78 Å². The summed E-state index contributed by atoms with van der Waals surface area (Å²) in [5, 5.41) is 0. The van der Waals surface area contributed by atoms with Crippen molar-refractivity contribution in [3.63, 3.8) is 0 Å². The molecule has 1 amide bonds. The lowest BCUT2D eigenvalue weighted by Gasteiger charge is -2.35. The predicted octanol–water partition coefficient (Wildman–Crippen LogP) is 0.436. The summed E-state index contributed by atoms with van der Waals surface area (Å²) in [5.74, 6) is 0.538. The normalized spacial score (nSPS) is 16.0. The number of ether oxygens (including phenoxy) is 2. The van der Waals surface area contributed by atoms with Gasteiger partial charge in [-0.1, -0.05) is 12.1 Å². The van der Waals surface area contributed by atoms with Crippen LogP contribution < -0.4 is 9.47 Å². The zero-order valence-electron chi connectivity index (χ0n) is 14.7. The maximum Gasteiger partial charge on any atom is 0.292 e. The van der Waals surface area contributed by atoms with Crippen LogP contribution in [-0.2, 0) is 16.1 Å². The van der Waals surface area contributed by atoms with Gasteiger partial charge in [0.05, 0.1) is 27.4 Å². The molecule has 0 saturated carbocycles. The van der Waals surface area contributed by atoms with Crippen molar-refractivity contribution in [3.8, 4) is 11.5 Å². The number of para-hydroxylation sites is 1. The number of benzene rings is 1. The molecule has 24 heavy (non-hydrogen) atoms. The van der Waals surface area contributed by atoms with Crippen molar-refractivity contribution >= 4 is 11.7 Å². The second-order valence-electron chi connectivity index (χ2n) is 6.08.